The average Bonchev–Trinajstić information content (AvgIpc) is 3.18. The molecular formula is C20H21ClN4O2S. The van der Waals surface area contributed by atoms with E-state index in [1.165, 1.54) is 17.8 Å². The summed E-state index contributed by atoms with van der Waals surface area (Å²) < 4.78 is 2.30. The highest BCUT2D eigenvalue weighted by atomic mass is 35.5. The fraction of sp³-hybridized carbons (Fsp3) is 0.350. The smallest absolute Gasteiger partial charge is 0.272 e. The molecule has 6 nitrogen and oxygen atoms in total. The average molecular weight is 417 g/mol. The number of nitrogens with zero attached hydrogens (tertiary/aromatic N) is 3. The van der Waals surface area contributed by atoms with Crippen molar-refractivity contribution in [2.24, 2.45) is 0 Å². The van der Waals surface area contributed by atoms with Gasteiger partial charge in [-0.05, 0) is 55.0 Å². The van der Waals surface area contributed by atoms with E-state index in [9.17, 15) is 9.59 Å². The quantitative estimate of drug-likeness (QED) is 0.679. The predicted octanol–water partition coefficient (Wildman–Crippen LogP) is 4.13. The number of carbonyl (C=O) groups is 1. The first-order chi connectivity index (χ1) is 13.6. The molecule has 0 spiro atoms. The Morgan fingerprint density at radius 1 is 1.14 bits per heavy atom. The van der Waals surface area contributed by atoms with Crippen LogP contribution in [-0.4, -0.2) is 28.5 Å². The Bertz CT molecular complexity index is 1040. The van der Waals surface area contributed by atoms with Gasteiger partial charge >= 0.3 is 0 Å². The highest BCUT2D eigenvalue weighted by molar-refractivity contribution is 7.17. The Labute approximate surface area is 171 Å². The van der Waals surface area contributed by atoms with Gasteiger partial charge in [0.15, 0.2) is 0 Å². The fourth-order valence-electron chi connectivity index (χ4n) is 3.44. The largest absolute Gasteiger partial charge is 0.342 e. The molecule has 1 aromatic carbocycles. The van der Waals surface area contributed by atoms with E-state index < -0.39 is 0 Å². The predicted molar refractivity (Wildman–Crippen MR) is 115 cm³/mol. The van der Waals surface area contributed by atoms with E-state index in [1.54, 1.807) is 28.8 Å². The van der Waals surface area contributed by atoms with Crippen LogP contribution in [0.25, 0.3) is 10.2 Å². The summed E-state index contributed by atoms with van der Waals surface area (Å²) in [5.41, 5.74) is 1.35. The number of benzene rings is 1. The van der Waals surface area contributed by atoms with Crippen LogP contribution in [0, 0.1) is 0 Å². The standard InChI is InChI=1S/C20H21ClN4O2S/c21-14-4-6-15(7-5-14)22-17(26)8-12-25-19(27)18-16(9-13-28-18)23-20(25)24-10-2-1-3-11-24/h4-7,9,13H,1-3,8,10-12H2,(H,22,26). The molecule has 1 saturated heterocycles. The third-order valence-electron chi connectivity index (χ3n) is 4.88. The van der Waals surface area contributed by atoms with Gasteiger partial charge < -0.3 is 10.2 Å². The van der Waals surface area contributed by atoms with Gasteiger partial charge in [-0.2, -0.15) is 0 Å². The van der Waals surface area contributed by atoms with Crippen molar-refractivity contribution >= 4 is 50.7 Å². The minimum atomic E-state index is -0.148. The van der Waals surface area contributed by atoms with Crippen LogP contribution in [0.5, 0.6) is 0 Å². The van der Waals surface area contributed by atoms with E-state index in [4.69, 9.17) is 16.6 Å². The van der Waals surface area contributed by atoms with E-state index in [0.717, 1.165) is 31.4 Å². The van der Waals surface area contributed by atoms with Crippen molar-refractivity contribution in [3.8, 4) is 0 Å². The molecule has 3 heterocycles. The monoisotopic (exact) mass is 416 g/mol. The lowest BCUT2D eigenvalue weighted by Gasteiger charge is -2.29. The molecule has 4 rings (SSSR count). The van der Waals surface area contributed by atoms with Crippen molar-refractivity contribution in [2.45, 2.75) is 32.2 Å². The number of hydrogen-bond donors (Lipinski definition) is 1. The van der Waals surface area contributed by atoms with Gasteiger partial charge in [0.05, 0.1) is 5.52 Å². The Kier molecular flexibility index (Phi) is 5.64. The lowest BCUT2D eigenvalue weighted by Crippen LogP contribution is -2.36. The van der Waals surface area contributed by atoms with Crippen LogP contribution in [0.2, 0.25) is 5.02 Å². The number of halogens is 1. The summed E-state index contributed by atoms with van der Waals surface area (Å²) >= 11 is 7.27. The topological polar surface area (TPSA) is 67.2 Å². The summed E-state index contributed by atoms with van der Waals surface area (Å²) in [6, 6.07) is 8.84. The second-order valence-corrected chi connectivity index (χ2v) is 8.21. The number of nitrogens with one attached hydrogen (secondary N) is 1. The first kappa shape index (κ1) is 19.0. The van der Waals surface area contributed by atoms with Gasteiger partial charge in [-0.3, -0.25) is 14.2 Å². The molecule has 8 heteroatoms. The van der Waals surface area contributed by atoms with Crippen LogP contribution in [0.15, 0.2) is 40.5 Å². The molecule has 1 N–H and O–H groups in total. The number of carbonyl (C=O) groups excluding carboxylic acids is 1. The van der Waals surface area contributed by atoms with Gasteiger partial charge in [0.25, 0.3) is 5.56 Å². The highest BCUT2D eigenvalue weighted by Gasteiger charge is 2.20. The highest BCUT2D eigenvalue weighted by Crippen LogP contribution is 2.22. The maximum atomic E-state index is 13.0. The minimum absolute atomic E-state index is 0.0696. The summed E-state index contributed by atoms with van der Waals surface area (Å²) in [5.74, 6) is 0.528. The minimum Gasteiger partial charge on any atom is -0.342 e. The zero-order chi connectivity index (χ0) is 19.5. The molecule has 146 valence electrons. The number of fused-ring (bicyclic) bond motifs is 1. The SMILES string of the molecule is O=C(CCn1c(N2CCCCC2)nc2ccsc2c1=O)Nc1ccc(Cl)cc1. The van der Waals surface area contributed by atoms with Gasteiger partial charge in [0.2, 0.25) is 11.9 Å². The second kappa shape index (κ2) is 8.32. The molecular weight excluding hydrogens is 396 g/mol. The van der Waals surface area contributed by atoms with Crippen LogP contribution in [-0.2, 0) is 11.3 Å². The van der Waals surface area contributed by atoms with Crippen molar-refractivity contribution in [3.05, 3.63) is 51.1 Å². The van der Waals surface area contributed by atoms with Crippen molar-refractivity contribution in [3.63, 3.8) is 0 Å². The normalized spacial score (nSPS) is 14.4. The summed E-state index contributed by atoms with van der Waals surface area (Å²) in [4.78, 5) is 32.3. The summed E-state index contributed by atoms with van der Waals surface area (Å²) in [5, 5.41) is 5.35. The lowest BCUT2D eigenvalue weighted by molar-refractivity contribution is -0.116. The van der Waals surface area contributed by atoms with Gasteiger partial charge in [0, 0.05) is 36.8 Å². The molecule has 28 heavy (non-hydrogen) atoms. The number of piperidine rings is 1. The van der Waals surface area contributed by atoms with Gasteiger partial charge in [-0.25, -0.2) is 4.98 Å². The number of aromatic nitrogens is 2. The Balaban J connectivity index is 1.56. The number of hydrogen-bond acceptors (Lipinski definition) is 5. The Morgan fingerprint density at radius 2 is 1.89 bits per heavy atom. The Morgan fingerprint density at radius 3 is 2.64 bits per heavy atom. The van der Waals surface area contributed by atoms with E-state index in [2.05, 4.69) is 10.2 Å². The third kappa shape index (κ3) is 4.05. The van der Waals surface area contributed by atoms with Crippen molar-refractivity contribution in [1.29, 1.82) is 0 Å². The Hall–Kier alpha value is -2.38. The summed E-state index contributed by atoms with van der Waals surface area (Å²) in [7, 11) is 0. The number of rotatable bonds is 5. The first-order valence-corrected chi connectivity index (χ1v) is 10.7. The molecule has 0 atom stereocenters. The number of thiophene rings is 1. The van der Waals surface area contributed by atoms with E-state index in [0.29, 0.717) is 27.9 Å². The summed E-state index contributed by atoms with van der Waals surface area (Å²) in [6.45, 7) is 2.07. The van der Waals surface area contributed by atoms with Crippen LogP contribution >= 0.6 is 22.9 Å². The van der Waals surface area contributed by atoms with Crippen LogP contribution in [0.3, 0.4) is 0 Å². The number of amides is 1. The van der Waals surface area contributed by atoms with Gasteiger partial charge in [0.1, 0.15) is 4.70 Å². The zero-order valence-corrected chi connectivity index (χ0v) is 16.9. The molecule has 0 bridgehead atoms. The molecule has 1 amide bonds. The third-order valence-corrected chi connectivity index (χ3v) is 6.02. The number of anilines is 2. The van der Waals surface area contributed by atoms with E-state index >= 15 is 0 Å². The molecule has 0 radical (unpaired) electrons. The second-order valence-electron chi connectivity index (χ2n) is 6.86. The molecule has 0 unspecified atom stereocenters. The molecule has 1 aliphatic heterocycles. The van der Waals surface area contributed by atoms with Gasteiger partial charge in [-0.1, -0.05) is 11.6 Å². The molecule has 2 aromatic heterocycles. The van der Waals surface area contributed by atoms with Crippen LogP contribution < -0.4 is 15.8 Å². The zero-order valence-electron chi connectivity index (χ0n) is 15.4. The first-order valence-electron chi connectivity index (χ1n) is 9.40. The molecule has 0 saturated carbocycles. The molecule has 1 aliphatic rings. The van der Waals surface area contributed by atoms with E-state index in [-0.39, 0.29) is 17.9 Å². The molecule has 3 aromatic rings. The van der Waals surface area contributed by atoms with Crippen molar-refractivity contribution in [2.75, 3.05) is 23.3 Å². The molecule has 0 aliphatic carbocycles. The summed E-state index contributed by atoms with van der Waals surface area (Å²) in [6.07, 6.45) is 3.58. The van der Waals surface area contributed by atoms with Gasteiger partial charge in [-0.15, -0.1) is 11.3 Å². The lowest BCUT2D eigenvalue weighted by atomic mass is 10.1. The fourth-order valence-corrected chi connectivity index (χ4v) is 4.34. The van der Waals surface area contributed by atoms with Crippen molar-refractivity contribution < 1.29 is 4.79 Å². The maximum Gasteiger partial charge on any atom is 0.272 e. The maximum absolute atomic E-state index is 13.0. The van der Waals surface area contributed by atoms with Crippen molar-refractivity contribution in [1.82, 2.24) is 9.55 Å². The van der Waals surface area contributed by atoms with Crippen LogP contribution in [0.4, 0.5) is 11.6 Å². The molecule has 1 fully saturated rings. The van der Waals surface area contributed by atoms with E-state index in [1.807, 2.05) is 11.4 Å². The van der Waals surface area contributed by atoms with Crippen LogP contribution in [0.1, 0.15) is 25.7 Å².